The molecular weight excluding hydrogens is 261 g/mol. The van der Waals surface area contributed by atoms with E-state index >= 15 is 0 Å². The minimum Gasteiger partial charge on any atom is -0.456 e. The second-order valence-electron chi connectivity index (χ2n) is 4.26. The Morgan fingerprint density at radius 1 is 1.50 bits per heavy atom. The van der Waals surface area contributed by atoms with Crippen LogP contribution in [0.5, 0.6) is 0 Å². The number of anilines is 1. The van der Waals surface area contributed by atoms with Crippen molar-refractivity contribution < 1.29 is 13.9 Å². The molecule has 102 valence electrons. The van der Waals surface area contributed by atoms with Gasteiger partial charge < -0.3 is 15.0 Å². The highest BCUT2D eigenvalue weighted by molar-refractivity contribution is 5.89. The third-order valence-corrected chi connectivity index (χ3v) is 2.78. The Labute approximate surface area is 115 Å². The van der Waals surface area contributed by atoms with Gasteiger partial charge in [0.25, 0.3) is 0 Å². The van der Waals surface area contributed by atoms with E-state index in [4.69, 9.17) is 15.7 Å². The highest BCUT2D eigenvalue weighted by atomic mass is 19.1. The van der Waals surface area contributed by atoms with E-state index in [1.807, 2.05) is 6.07 Å². The summed E-state index contributed by atoms with van der Waals surface area (Å²) < 4.78 is 19.7. The van der Waals surface area contributed by atoms with Crippen LogP contribution < -0.4 is 5.73 Å². The van der Waals surface area contributed by atoms with Gasteiger partial charge in [-0.15, -0.1) is 0 Å². The standard InChI is InChI=1S/C14H12FN3O2/c1-18-7-12(17)5-13(18)14(19)20-8-10-4-11(15)3-2-9(10)6-16/h2-5,7H,8,17H2,1H3. The molecule has 0 atom stereocenters. The molecule has 0 aliphatic carbocycles. The van der Waals surface area contributed by atoms with E-state index in [1.165, 1.54) is 28.8 Å². The number of aryl methyl sites for hydroxylation is 1. The molecule has 0 saturated carbocycles. The van der Waals surface area contributed by atoms with Gasteiger partial charge in [-0.25, -0.2) is 9.18 Å². The molecule has 0 radical (unpaired) electrons. The lowest BCUT2D eigenvalue weighted by Gasteiger charge is -2.07. The van der Waals surface area contributed by atoms with Crippen LogP contribution in [0, 0.1) is 17.1 Å². The number of carbonyl (C=O) groups excluding carboxylic acids is 1. The zero-order chi connectivity index (χ0) is 14.7. The van der Waals surface area contributed by atoms with Crippen LogP contribution in [0.1, 0.15) is 21.6 Å². The molecule has 1 aromatic heterocycles. The second kappa shape index (κ2) is 5.45. The number of hydrogen-bond donors (Lipinski definition) is 1. The second-order valence-corrected chi connectivity index (χ2v) is 4.26. The third-order valence-electron chi connectivity index (χ3n) is 2.78. The van der Waals surface area contributed by atoms with Crippen LogP contribution in [-0.4, -0.2) is 10.5 Å². The van der Waals surface area contributed by atoms with E-state index in [9.17, 15) is 9.18 Å². The van der Waals surface area contributed by atoms with Gasteiger partial charge in [-0.3, -0.25) is 0 Å². The van der Waals surface area contributed by atoms with Crippen LogP contribution in [0.2, 0.25) is 0 Å². The van der Waals surface area contributed by atoms with Gasteiger partial charge in [-0.2, -0.15) is 5.26 Å². The quantitative estimate of drug-likeness (QED) is 0.867. The highest BCUT2D eigenvalue weighted by Crippen LogP contribution is 2.14. The number of nitrogen functional groups attached to an aromatic ring is 1. The summed E-state index contributed by atoms with van der Waals surface area (Å²) in [4.78, 5) is 11.9. The van der Waals surface area contributed by atoms with E-state index in [0.29, 0.717) is 11.3 Å². The molecule has 0 bridgehead atoms. The first-order valence-electron chi connectivity index (χ1n) is 5.78. The van der Waals surface area contributed by atoms with Crippen molar-refractivity contribution in [2.75, 3.05) is 5.73 Å². The average Bonchev–Trinajstić information content (AvgIpc) is 2.75. The minimum atomic E-state index is -0.586. The lowest BCUT2D eigenvalue weighted by Crippen LogP contribution is -2.10. The van der Waals surface area contributed by atoms with Crippen molar-refractivity contribution in [2.45, 2.75) is 6.61 Å². The summed E-state index contributed by atoms with van der Waals surface area (Å²) in [5.74, 6) is -1.07. The number of benzene rings is 1. The first-order chi connectivity index (χ1) is 9.51. The normalized spacial score (nSPS) is 10.1. The van der Waals surface area contributed by atoms with E-state index in [-0.39, 0.29) is 17.9 Å². The lowest BCUT2D eigenvalue weighted by atomic mass is 10.1. The molecule has 1 aromatic carbocycles. The molecule has 5 nitrogen and oxygen atoms in total. The maximum Gasteiger partial charge on any atom is 0.355 e. The van der Waals surface area contributed by atoms with Gasteiger partial charge in [0.1, 0.15) is 18.1 Å². The fraction of sp³-hybridized carbons (Fsp3) is 0.143. The zero-order valence-electron chi connectivity index (χ0n) is 10.8. The molecule has 0 fully saturated rings. The fourth-order valence-corrected chi connectivity index (χ4v) is 1.80. The number of rotatable bonds is 3. The number of aromatic nitrogens is 1. The fourth-order valence-electron chi connectivity index (χ4n) is 1.80. The van der Waals surface area contributed by atoms with E-state index in [2.05, 4.69) is 0 Å². The molecule has 2 N–H and O–H groups in total. The van der Waals surface area contributed by atoms with Gasteiger partial charge in [0.05, 0.1) is 17.3 Å². The summed E-state index contributed by atoms with van der Waals surface area (Å²) in [7, 11) is 1.66. The predicted octanol–water partition coefficient (Wildman–Crippen LogP) is 1.98. The number of ether oxygens (including phenoxy) is 1. The first-order valence-corrected chi connectivity index (χ1v) is 5.78. The van der Waals surface area contributed by atoms with E-state index in [0.717, 1.165) is 0 Å². The van der Waals surface area contributed by atoms with Crippen LogP contribution in [0.3, 0.4) is 0 Å². The lowest BCUT2D eigenvalue weighted by molar-refractivity contribution is 0.0461. The van der Waals surface area contributed by atoms with Crippen molar-refractivity contribution in [3.05, 3.63) is 53.1 Å². The van der Waals surface area contributed by atoms with Crippen LogP contribution >= 0.6 is 0 Å². The summed E-state index contributed by atoms with van der Waals surface area (Å²) in [5, 5.41) is 8.91. The molecule has 2 rings (SSSR count). The van der Waals surface area contributed by atoms with Gasteiger partial charge in [0.2, 0.25) is 0 Å². The van der Waals surface area contributed by atoms with E-state index in [1.54, 1.807) is 13.2 Å². The molecule has 6 heteroatoms. The van der Waals surface area contributed by atoms with Gasteiger partial charge in [0.15, 0.2) is 0 Å². The largest absolute Gasteiger partial charge is 0.456 e. The molecule has 0 aliphatic rings. The predicted molar refractivity (Wildman–Crippen MR) is 70.1 cm³/mol. The van der Waals surface area contributed by atoms with E-state index < -0.39 is 11.8 Å². The Morgan fingerprint density at radius 3 is 2.85 bits per heavy atom. The third kappa shape index (κ3) is 2.78. The summed E-state index contributed by atoms with van der Waals surface area (Å²) >= 11 is 0. The summed E-state index contributed by atoms with van der Waals surface area (Å²) in [6, 6.07) is 7.10. The zero-order valence-corrected chi connectivity index (χ0v) is 10.8. The summed E-state index contributed by atoms with van der Waals surface area (Å²) in [6.07, 6.45) is 1.58. The van der Waals surface area contributed by atoms with Gasteiger partial charge in [-0.05, 0) is 24.3 Å². The summed E-state index contributed by atoms with van der Waals surface area (Å²) in [6.45, 7) is -0.176. The smallest absolute Gasteiger partial charge is 0.355 e. The van der Waals surface area contributed by atoms with Crippen molar-refractivity contribution in [3.8, 4) is 6.07 Å². The molecule has 20 heavy (non-hydrogen) atoms. The maximum atomic E-state index is 13.1. The van der Waals surface area contributed by atoms with Crippen molar-refractivity contribution in [1.29, 1.82) is 5.26 Å². The SMILES string of the molecule is Cn1cc(N)cc1C(=O)OCc1cc(F)ccc1C#N. The topological polar surface area (TPSA) is 81.0 Å². The Morgan fingerprint density at radius 2 is 2.25 bits per heavy atom. The number of hydrogen-bond acceptors (Lipinski definition) is 4. The Balaban J connectivity index is 2.13. The molecule has 0 saturated heterocycles. The van der Waals surface area contributed by atoms with Crippen molar-refractivity contribution in [3.63, 3.8) is 0 Å². The molecule has 0 aliphatic heterocycles. The average molecular weight is 273 g/mol. The minimum absolute atomic E-state index is 0.176. The van der Waals surface area contributed by atoms with Crippen LogP contribution in [0.15, 0.2) is 30.5 Å². The van der Waals surface area contributed by atoms with Crippen LogP contribution in [0.4, 0.5) is 10.1 Å². The monoisotopic (exact) mass is 273 g/mol. The van der Waals surface area contributed by atoms with Crippen molar-refractivity contribution >= 4 is 11.7 Å². The first kappa shape index (κ1) is 13.6. The number of nitriles is 1. The Kier molecular flexibility index (Phi) is 3.71. The number of nitrogens with zero attached hydrogens (tertiary/aromatic N) is 2. The molecule has 1 heterocycles. The van der Waals surface area contributed by atoms with Gasteiger partial charge in [-0.1, -0.05) is 0 Å². The van der Waals surface area contributed by atoms with Crippen molar-refractivity contribution in [1.82, 2.24) is 4.57 Å². The molecule has 0 unspecified atom stereocenters. The Bertz CT molecular complexity index is 701. The van der Waals surface area contributed by atoms with Gasteiger partial charge in [0, 0.05) is 18.8 Å². The maximum absolute atomic E-state index is 13.1. The molecular formula is C14H12FN3O2. The van der Waals surface area contributed by atoms with Crippen LogP contribution in [-0.2, 0) is 18.4 Å². The number of halogens is 1. The van der Waals surface area contributed by atoms with Gasteiger partial charge >= 0.3 is 5.97 Å². The van der Waals surface area contributed by atoms with Crippen LogP contribution in [0.25, 0.3) is 0 Å². The molecule has 2 aromatic rings. The summed E-state index contributed by atoms with van der Waals surface area (Å²) in [5.41, 5.74) is 6.90. The molecule has 0 amide bonds. The highest BCUT2D eigenvalue weighted by Gasteiger charge is 2.13. The number of carbonyl (C=O) groups is 1. The Hall–Kier alpha value is -2.81. The van der Waals surface area contributed by atoms with Crippen molar-refractivity contribution in [2.24, 2.45) is 7.05 Å². The number of esters is 1. The number of nitrogens with two attached hydrogens (primary N) is 1. The molecule has 0 spiro atoms.